The highest BCUT2D eigenvalue weighted by Crippen LogP contribution is 2.36. The van der Waals surface area contributed by atoms with Gasteiger partial charge in [0.25, 0.3) is 0 Å². The van der Waals surface area contributed by atoms with Crippen molar-refractivity contribution in [1.82, 2.24) is 0 Å². The van der Waals surface area contributed by atoms with Gasteiger partial charge in [-0.05, 0) is 44.4 Å². The lowest BCUT2D eigenvalue weighted by Gasteiger charge is -2.22. The van der Waals surface area contributed by atoms with Crippen molar-refractivity contribution in [3.05, 3.63) is 95.1 Å². The highest BCUT2D eigenvalue weighted by molar-refractivity contribution is 7.04. The van der Waals surface area contributed by atoms with Crippen molar-refractivity contribution in [3.63, 3.8) is 0 Å². The molecule has 4 aromatic rings. The van der Waals surface area contributed by atoms with Gasteiger partial charge in [-0.3, -0.25) is 9.59 Å². The second-order valence-corrected chi connectivity index (χ2v) is 12.8. The average molecular weight is 391 g/mol. The summed E-state index contributed by atoms with van der Waals surface area (Å²) in [6, 6.07) is 24.1. The van der Waals surface area contributed by atoms with E-state index >= 15 is 0 Å². The minimum atomic E-state index is -1.96. The molecule has 0 N–H and O–H groups in total. The molecule has 29 heavy (non-hydrogen) atoms. The van der Waals surface area contributed by atoms with E-state index in [0.717, 1.165) is 5.56 Å². The lowest BCUT2D eigenvalue weighted by molar-refractivity contribution is 0.0979. The summed E-state index contributed by atoms with van der Waals surface area (Å²) in [4.78, 5) is 26.4. The minimum Gasteiger partial charge on any atom is -0.289 e. The van der Waals surface area contributed by atoms with E-state index in [1.54, 1.807) is 12.1 Å². The molecular formula is C26H18O2Si. The molecule has 1 aliphatic carbocycles. The van der Waals surface area contributed by atoms with Gasteiger partial charge in [0.2, 0.25) is 0 Å². The fourth-order valence-corrected chi connectivity index (χ4v) is 8.08. The summed E-state index contributed by atoms with van der Waals surface area (Å²) in [6.45, 7) is 4.67. The molecule has 0 saturated carbocycles. The first-order valence-electron chi connectivity index (χ1n) is 9.87. The molecule has 6 rings (SSSR count). The van der Waals surface area contributed by atoms with E-state index < -0.39 is 8.07 Å². The summed E-state index contributed by atoms with van der Waals surface area (Å²) in [5, 5.41) is 5.08. The van der Waals surface area contributed by atoms with Crippen LogP contribution in [0.1, 0.15) is 31.8 Å². The molecule has 0 amide bonds. The maximum atomic E-state index is 13.2. The van der Waals surface area contributed by atoms with Gasteiger partial charge in [-0.25, -0.2) is 0 Å². The van der Waals surface area contributed by atoms with Crippen molar-refractivity contribution >= 4 is 40.8 Å². The van der Waals surface area contributed by atoms with E-state index in [1.165, 1.54) is 26.7 Å². The second kappa shape index (κ2) is 5.40. The molecule has 4 aromatic carbocycles. The van der Waals surface area contributed by atoms with Crippen molar-refractivity contribution in [1.29, 1.82) is 0 Å². The molecule has 0 unspecified atom stereocenters. The summed E-state index contributed by atoms with van der Waals surface area (Å²) in [5.74, 6) is -0.0874. The van der Waals surface area contributed by atoms with E-state index in [0.29, 0.717) is 22.3 Å². The van der Waals surface area contributed by atoms with Crippen molar-refractivity contribution in [2.24, 2.45) is 0 Å². The summed E-state index contributed by atoms with van der Waals surface area (Å²) in [5.41, 5.74) is 4.48. The van der Waals surface area contributed by atoms with E-state index in [4.69, 9.17) is 0 Å². The molecule has 2 nitrogen and oxygen atoms in total. The van der Waals surface area contributed by atoms with Crippen LogP contribution in [0.15, 0.2) is 72.8 Å². The molecule has 0 atom stereocenters. The Morgan fingerprint density at radius 2 is 1.00 bits per heavy atom. The van der Waals surface area contributed by atoms with Crippen molar-refractivity contribution in [2.75, 3.05) is 0 Å². The van der Waals surface area contributed by atoms with E-state index in [9.17, 15) is 9.59 Å². The van der Waals surface area contributed by atoms with Crippen LogP contribution < -0.4 is 10.4 Å². The Morgan fingerprint density at radius 1 is 0.517 bits per heavy atom. The van der Waals surface area contributed by atoms with Crippen molar-refractivity contribution in [2.45, 2.75) is 13.1 Å². The maximum Gasteiger partial charge on any atom is 0.194 e. The lowest BCUT2D eigenvalue weighted by Crippen LogP contribution is -2.49. The fraction of sp³-hybridized carbons (Fsp3) is 0.0769. The van der Waals surface area contributed by atoms with Crippen LogP contribution >= 0.6 is 0 Å². The van der Waals surface area contributed by atoms with Gasteiger partial charge in [-0.15, -0.1) is 0 Å². The first kappa shape index (κ1) is 16.6. The molecular weight excluding hydrogens is 372 g/mol. The van der Waals surface area contributed by atoms with Crippen molar-refractivity contribution in [3.8, 4) is 11.1 Å². The smallest absolute Gasteiger partial charge is 0.194 e. The molecule has 0 bridgehead atoms. The van der Waals surface area contributed by atoms with Crippen molar-refractivity contribution < 1.29 is 9.59 Å². The number of hydrogen-bond acceptors (Lipinski definition) is 2. The monoisotopic (exact) mass is 390 g/mol. The number of fused-ring (bicyclic) bond motifs is 6. The van der Waals surface area contributed by atoms with Gasteiger partial charge < -0.3 is 0 Å². The molecule has 138 valence electrons. The van der Waals surface area contributed by atoms with Crippen LogP contribution in [0.5, 0.6) is 0 Å². The Bertz CT molecular complexity index is 1410. The van der Waals surface area contributed by atoms with Gasteiger partial charge >= 0.3 is 0 Å². The molecule has 0 aromatic heterocycles. The van der Waals surface area contributed by atoms with Gasteiger partial charge in [-0.2, -0.15) is 0 Å². The maximum absolute atomic E-state index is 13.2. The van der Waals surface area contributed by atoms with Crippen LogP contribution in [-0.2, 0) is 0 Å². The largest absolute Gasteiger partial charge is 0.289 e. The third-order valence-corrected chi connectivity index (χ3v) is 10.1. The van der Waals surface area contributed by atoms with Crippen LogP contribution in [-0.4, -0.2) is 19.6 Å². The first-order chi connectivity index (χ1) is 14.0. The Hall–Kier alpha value is -3.30. The van der Waals surface area contributed by atoms with Gasteiger partial charge in [0.1, 0.15) is 8.07 Å². The Labute approximate surface area is 169 Å². The number of carbonyl (C=O) groups is 2. The van der Waals surface area contributed by atoms with Crippen LogP contribution in [0.2, 0.25) is 13.1 Å². The molecule has 0 fully saturated rings. The van der Waals surface area contributed by atoms with E-state index in [2.05, 4.69) is 49.5 Å². The van der Waals surface area contributed by atoms with E-state index in [1.807, 2.05) is 24.3 Å². The number of rotatable bonds is 0. The molecule has 0 saturated heterocycles. The SMILES string of the molecule is C[Si]1(C)c2cc3c(cc2-c2cc4ccccc4cc21)C(=O)c1ccccc1C3=O. The van der Waals surface area contributed by atoms with Gasteiger partial charge in [0, 0.05) is 22.3 Å². The Morgan fingerprint density at radius 3 is 1.66 bits per heavy atom. The normalized spacial score (nSPS) is 15.7. The van der Waals surface area contributed by atoms with Crippen LogP contribution in [0, 0.1) is 0 Å². The summed E-state index contributed by atoms with van der Waals surface area (Å²) < 4.78 is 0. The standard InChI is InChI=1S/C26H18O2Si/c1-29(2)23-12-16-8-4-3-7-15(16)11-19(23)20-13-21-22(14-24(20)29)26(28)18-10-6-5-9-17(18)25(21)27/h3-14H,1-2H3. The summed E-state index contributed by atoms with van der Waals surface area (Å²) in [6.07, 6.45) is 0. The molecule has 0 spiro atoms. The van der Waals surface area contributed by atoms with Crippen LogP contribution in [0.4, 0.5) is 0 Å². The molecule has 1 heterocycles. The third kappa shape index (κ3) is 2.05. The van der Waals surface area contributed by atoms with E-state index in [-0.39, 0.29) is 11.6 Å². The predicted octanol–water partition coefficient (Wildman–Crippen LogP) is 4.42. The zero-order valence-corrected chi connectivity index (χ0v) is 17.2. The highest BCUT2D eigenvalue weighted by atomic mass is 28.3. The third-order valence-electron chi connectivity index (χ3n) is 6.59. The highest BCUT2D eigenvalue weighted by Gasteiger charge is 2.40. The second-order valence-electron chi connectivity index (χ2n) is 8.52. The zero-order chi connectivity index (χ0) is 19.9. The van der Waals surface area contributed by atoms with Crippen LogP contribution in [0.25, 0.3) is 21.9 Å². The van der Waals surface area contributed by atoms with Gasteiger partial charge in [0.15, 0.2) is 11.6 Å². The zero-order valence-electron chi connectivity index (χ0n) is 16.2. The summed E-state index contributed by atoms with van der Waals surface area (Å²) in [7, 11) is -1.96. The molecule has 3 heteroatoms. The molecule has 2 aliphatic rings. The quantitative estimate of drug-likeness (QED) is 0.367. The van der Waals surface area contributed by atoms with Gasteiger partial charge in [0.05, 0.1) is 0 Å². The summed E-state index contributed by atoms with van der Waals surface area (Å²) >= 11 is 0. The number of benzene rings is 4. The van der Waals surface area contributed by atoms with Gasteiger partial charge in [-0.1, -0.05) is 73.8 Å². The predicted molar refractivity (Wildman–Crippen MR) is 119 cm³/mol. The topological polar surface area (TPSA) is 34.1 Å². The average Bonchev–Trinajstić information content (AvgIpc) is 2.96. The van der Waals surface area contributed by atoms with Crippen LogP contribution in [0.3, 0.4) is 0 Å². The Balaban J connectivity index is 1.67. The number of hydrogen-bond donors (Lipinski definition) is 0. The lowest BCUT2D eigenvalue weighted by atomic mass is 9.82. The number of ketones is 2. The number of carbonyl (C=O) groups excluding carboxylic acids is 2. The fourth-order valence-electron chi connectivity index (χ4n) is 5.01. The minimum absolute atomic E-state index is 0.0380. The molecule has 0 radical (unpaired) electrons. The first-order valence-corrected chi connectivity index (χ1v) is 12.9. The Kier molecular flexibility index (Phi) is 3.09. The molecule has 1 aliphatic heterocycles.